The molecule has 1 N–H and O–H groups in total. The standard InChI is InChI=1S/C21H32FN3O2/c1-3-23-20(25-11-8-17(14-25)15-27-13-12-26-2)24-16-21(9-10-21)18-4-6-19(22)7-5-18/h4-7,17H,3,8-16H2,1-2H3,(H,23,24). The van der Waals surface area contributed by atoms with Gasteiger partial charge in [0, 0.05) is 38.1 Å². The van der Waals surface area contributed by atoms with Gasteiger partial charge in [0.25, 0.3) is 0 Å². The predicted molar refractivity (Wildman–Crippen MR) is 106 cm³/mol. The molecule has 2 fully saturated rings. The van der Waals surface area contributed by atoms with Crippen molar-refractivity contribution in [3.05, 3.63) is 35.6 Å². The number of halogens is 1. The molecule has 1 heterocycles. The number of rotatable bonds is 9. The molecule has 2 aliphatic rings. The molecular weight excluding hydrogens is 345 g/mol. The van der Waals surface area contributed by atoms with Crippen molar-refractivity contribution >= 4 is 5.96 Å². The molecule has 5 nitrogen and oxygen atoms in total. The van der Waals surface area contributed by atoms with Crippen LogP contribution >= 0.6 is 0 Å². The third kappa shape index (κ3) is 5.42. The van der Waals surface area contributed by atoms with E-state index >= 15 is 0 Å². The van der Waals surface area contributed by atoms with Gasteiger partial charge in [-0.15, -0.1) is 0 Å². The fraction of sp³-hybridized carbons (Fsp3) is 0.667. The highest BCUT2D eigenvalue weighted by molar-refractivity contribution is 5.80. The maximum Gasteiger partial charge on any atom is 0.193 e. The molecule has 6 heteroatoms. The number of nitrogens with one attached hydrogen (secondary N) is 1. The summed E-state index contributed by atoms with van der Waals surface area (Å²) in [4.78, 5) is 7.29. The average Bonchev–Trinajstić information content (AvgIpc) is 3.32. The molecule has 1 aliphatic carbocycles. The van der Waals surface area contributed by atoms with Crippen LogP contribution in [0.15, 0.2) is 29.3 Å². The van der Waals surface area contributed by atoms with Crippen molar-refractivity contribution in [3.63, 3.8) is 0 Å². The summed E-state index contributed by atoms with van der Waals surface area (Å²) >= 11 is 0. The van der Waals surface area contributed by atoms with Gasteiger partial charge in [0.05, 0.1) is 26.4 Å². The van der Waals surface area contributed by atoms with E-state index < -0.39 is 0 Å². The number of ether oxygens (including phenoxy) is 2. The second kappa shape index (κ2) is 9.51. The predicted octanol–water partition coefficient (Wildman–Crippen LogP) is 2.81. The van der Waals surface area contributed by atoms with Crippen molar-refractivity contribution in [2.75, 3.05) is 53.1 Å². The molecule has 3 rings (SSSR count). The number of hydrogen-bond acceptors (Lipinski definition) is 3. The van der Waals surface area contributed by atoms with Gasteiger partial charge in [-0.25, -0.2) is 4.39 Å². The normalized spacial score (nSPS) is 21.5. The van der Waals surface area contributed by atoms with Crippen molar-refractivity contribution in [1.82, 2.24) is 10.2 Å². The Bertz CT molecular complexity index is 616. The Kier molecular flexibility index (Phi) is 7.07. The Balaban J connectivity index is 1.56. The molecule has 0 bridgehead atoms. The van der Waals surface area contributed by atoms with E-state index in [1.54, 1.807) is 19.2 Å². The number of hydrogen-bond donors (Lipinski definition) is 1. The van der Waals surface area contributed by atoms with E-state index in [1.807, 2.05) is 12.1 Å². The fourth-order valence-electron chi connectivity index (χ4n) is 3.70. The molecule has 27 heavy (non-hydrogen) atoms. The molecule has 1 aromatic rings. The van der Waals surface area contributed by atoms with Crippen LogP contribution in [0.2, 0.25) is 0 Å². The summed E-state index contributed by atoms with van der Waals surface area (Å²) in [5, 5.41) is 3.44. The zero-order valence-corrected chi connectivity index (χ0v) is 16.5. The van der Waals surface area contributed by atoms with E-state index in [1.165, 1.54) is 5.56 Å². The number of guanidine groups is 1. The lowest BCUT2D eigenvalue weighted by atomic mass is 9.96. The minimum atomic E-state index is -0.179. The van der Waals surface area contributed by atoms with Crippen LogP contribution in [0, 0.1) is 11.7 Å². The van der Waals surface area contributed by atoms with Gasteiger partial charge in [-0.1, -0.05) is 12.1 Å². The van der Waals surface area contributed by atoms with Crippen molar-refractivity contribution in [2.24, 2.45) is 10.9 Å². The van der Waals surface area contributed by atoms with Gasteiger partial charge in [-0.2, -0.15) is 0 Å². The number of likely N-dealkylation sites (tertiary alicyclic amines) is 1. The average molecular weight is 378 g/mol. The number of benzene rings is 1. The van der Waals surface area contributed by atoms with Crippen molar-refractivity contribution < 1.29 is 13.9 Å². The van der Waals surface area contributed by atoms with Gasteiger partial charge in [0.1, 0.15) is 5.82 Å². The minimum Gasteiger partial charge on any atom is -0.382 e. The highest BCUT2D eigenvalue weighted by Crippen LogP contribution is 2.48. The summed E-state index contributed by atoms with van der Waals surface area (Å²) in [5.74, 6) is 1.35. The molecule has 150 valence electrons. The number of methoxy groups -OCH3 is 1. The molecule has 1 atom stereocenters. The Morgan fingerprint density at radius 3 is 2.74 bits per heavy atom. The van der Waals surface area contributed by atoms with Crippen LogP contribution in [0.5, 0.6) is 0 Å². The van der Waals surface area contributed by atoms with Crippen LogP contribution in [0.1, 0.15) is 31.7 Å². The van der Waals surface area contributed by atoms with Crippen LogP contribution in [0.25, 0.3) is 0 Å². The van der Waals surface area contributed by atoms with Crippen LogP contribution in [-0.2, 0) is 14.9 Å². The van der Waals surface area contributed by atoms with Gasteiger partial charge in [-0.3, -0.25) is 4.99 Å². The summed E-state index contributed by atoms with van der Waals surface area (Å²) < 4.78 is 23.9. The molecule has 1 unspecified atom stereocenters. The van der Waals surface area contributed by atoms with Crippen LogP contribution in [0.3, 0.4) is 0 Å². The van der Waals surface area contributed by atoms with Gasteiger partial charge in [-0.05, 0) is 43.9 Å². The van der Waals surface area contributed by atoms with Crippen LogP contribution in [-0.4, -0.2) is 64.0 Å². The quantitative estimate of drug-likeness (QED) is 0.408. The lowest BCUT2D eigenvalue weighted by Gasteiger charge is -2.23. The first-order chi connectivity index (χ1) is 13.2. The van der Waals surface area contributed by atoms with Gasteiger partial charge in [0.2, 0.25) is 0 Å². The van der Waals surface area contributed by atoms with Gasteiger partial charge < -0.3 is 19.7 Å². The van der Waals surface area contributed by atoms with Gasteiger partial charge >= 0.3 is 0 Å². The SMILES string of the molecule is CCNC(=NCC1(c2ccc(F)cc2)CC1)N1CCC(COCCOC)C1. The monoisotopic (exact) mass is 377 g/mol. The summed E-state index contributed by atoms with van der Waals surface area (Å²) in [6.45, 7) is 7.77. The first kappa shape index (κ1) is 20.1. The summed E-state index contributed by atoms with van der Waals surface area (Å²) in [5.41, 5.74) is 1.30. The van der Waals surface area contributed by atoms with E-state index in [4.69, 9.17) is 14.5 Å². The Morgan fingerprint density at radius 2 is 2.07 bits per heavy atom. The van der Waals surface area contributed by atoms with E-state index in [0.717, 1.165) is 58.0 Å². The fourth-order valence-corrected chi connectivity index (χ4v) is 3.70. The summed E-state index contributed by atoms with van der Waals surface area (Å²) in [6, 6.07) is 6.93. The third-order valence-electron chi connectivity index (χ3n) is 5.55. The lowest BCUT2D eigenvalue weighted by Crippen LogP contribution is -2.40. The molecule has 0 radical (unpaired) electrons. The second-order valence-electron chi connectivity index (χ2n) is 7.63. The highest BCUT2D eigenvalue weighted by Gasteiger charge is 2.44. The highest BCUT2D eigenvalue weighted by atomic mass is 19.1. The maximum atomic E-state index is 13.2. The molecule has 1 saturated heterocycles. The van der Waals surface area contributed by atoms with Crippen LogP contribution in [0.4, 0.5) is 4.39 Å². The van der Waals surface area contributed by atoms with E-state index in [0.29, 0.717) is 19.1 Å². The zero-order valence-electron chi connectivity index (χ0n) is 16.5. The van der Waals surface area contributed by atoms with E-state index in [-0.39, 0.29) is 11.2 Å². The van der Waals surface area contributed by atoms with Gasteiger partial charge in [0.15, 0.2) is 5.96 Å². The maximum absolute atomic E-state index is 13.2. The lowest BCUT2D eigenvalue weighted by molar-refractivity contribution is 0.0536. The van der Waals surface area contributed by atoms with Crippen LogP contribution < -0.4 is 5.32 Å². The molecule has 0 aromatic heterocycles. The minimum absolute atomic E-state index is 0.0940. The topological polar surface area (TPSA) is 46.1 Å². The molecular formula is C21H32FN3O2. The summed E-state index contributed by atoms with van der Waals surface area (Å²) in [7, 11) is 1.69. The largest absolute Gasteiger partial charge is 0.382 e. The first-order valence-electron chi connectivity index (χ1n) is 10.0. The molecule has 0 spiro atoms. The number of aliphatic imine (C=N–C) groups is 1. The van der Waals surface area contributed by atoms with E-state index in [2.05, 4.69) is 17.1 Å². The molecule has 1 saturated carbocycles. The Labute approximate surface area is 161 Å². The van der Waals surface area contributed by atoms with Crippen molar-refractivity contribution in [3.8, 4) is 0 Å². The smallest absolute Gasteiger partial charge is 0.193 e. The number of nitrogens with zero attached hydrogens (tertiary/aromatic N) is 2. The van der Waals surface area contributed by atoms with Crippen molar-refractivity contribution in [2.45, 2.75) is 31.6 Å². The second-order valence-corrected chi connectivity index (χ2v) is 7.63. The molecule has 1 aromatic carbocycles. The molecule has 0 amide bonds. The van der Waals surface area contributed by atoms with E-state index in [9.17, 15) is 4.39 Å². The first-order valence-corrected chi connectivity index (χ1v) is 10.0. The third-order valence-corrected chi connectivity index (χ3v) is 5.55. The molecule has 1 aliphatic heterocycles. The zero-order chi connectivity index (χ0) is 19.1. The Morgan fingerprint density at radius 1 is 1.30 bits per heavy atom. The Hall–Kier alpha value is -1.66. The van der Waals surface area contributed by atoms with Crippen molar-refractivity contribution in [1.29, 1.82) is 0 Å². The summed E-state index contributed by atoms with van der Waals surface area (Å²) in [6.07, 6.45) is 3.37.